The highest BCUT2D eigenvalue weighted by atomic mass is 32.2. The van der Waals surface area contributed by atoms with E-state index in [-0.39, 0.29) is 6.54 Å². The van der Waals surface area contributed by atoms with Gasteiger partial charge >= 0.3 is 0 Å². The molecule has 0 aliphatic rings. The first-order chi connectivity index (χ1) is 12.8. The third kappa shape index (κ3) is 4.42. The molecule has 0 spiro atoms. The van der Waals surface area contributed by atoms with Crippen LogP contribution in [0.2, 0.25) is 0 Å². The first-order valence-electron chi connectivity index (χ1n) is 8.42. The lowest BCUT2D eigenvalue weighted by molar-refractivity contribution is 0.0627. The van der Waals surface area contributed by atoms with Crippen LogP contribution in [-0.2, 0) is 15.6 Å². The molecular formula is C21H20FNO3S. The van der Waals surface area contributed by atoms with Crippen LogP contribution in [0.5, 0.6) is 0 Å². The molecule has 3 aromatic rings. The molecule has 2 N–H and O–H groups in total. The van der Waals surface area contributed by atoms with Crippen LogP contribution < -0.4 is 4.72 Å². The minimum atomic E-state index is -4.07. The maximum Gasteiger partial charge on any atom is 0.243 e. The predicted octanol–water partition coefficient (Wildman–Crippen LogP) is 3.68. The second-order valence-electron chi connectivity index (χ2n) is 6.47. The molecule has 1 unspecified atom stereocenters. The van der Waals surface area contributed by atoms with Crippen molar-refractivity contribution in [3.8, 4) is 11.1 Å². The zero-order chi connectivity index (χ0) is 19.5. The number of aliphatic hydroxyl groups is 1. The quantitative estimate of drug-likeness (QED) is 0.680. The minimum Gasteiger partial charge on any atom is -0.384 e. The highest BCUT2D eigenvalue weighted by Crippen LogP contribution is 2.25. The number of benzene rings is 3. The summed E-state index contributed by atoms with van der Waals surface area (Å²) >= 11 is 0. The SMILES string of the molecule is CC(O)(CNS(=O)(=O)c1ccccc1F)c1ccc(-c2ccccc2)cc1. The molecule has 0 heterocycles. The van der Waals surface area contributed by atoms with Crippen molar-refractivity contribution in [3.05, 3.63) is 90.2 Å². The lowest BCUT2D eigenvalue weighted by atomic mass is 9.94. The van der Waals surface area contributed by atoms with Crippen LogP contribution >= 0.6 is 0 Å². The molecule has 0 bridgehead atoms. The van der Waals surface area contributed by atoms with Gasteiger partial charge in [0.05, 0.1) is 0 Å². The van der Waals surface area contributed by atoms with Crippen LogP contribution in [0.3, 0.4) is 0 Å². The minimum absolute atomic E-state index is 0.283. The van der Waals surface area contributed by atoms with Crippen molar-refractivity contribution < 1.29 is 17.9 Å². The molecule has 0 saturated carbocycles. The summed E-state index contributed by atoms with van der Waals surface area (Å²) in [6.45, 7) is 1.22. The van der Waals surface area contributed by atoms with E-state index in [0.717, 1.165) is 17.2 Å². The standard InChI is InChI=1S/C21H20FNO3S/c1-21(24,15-23-27(25,26)20-10-6-5-9-19(20)22)18-13-11-17(12-14-18)16-7-3-2-4-8-16/h2-14,23-24H,15H2,1H3. The molecule has 0 fully saturated rings. The Morgan fingerprint density at radius 1 is 0.889 bits per heavy atom. The third-order valence-corrected chi connectivity index (χ3v) is 5.78. The van der Waals surface area contributed by atoms with Gasteiger partial charge in [0.25, 0.3) is 0 Å². The monoisotopic (exact) mass is 385 g/mol. The smallest absolute Gasteiger partial charge is 0.243 e. The normalized spacial score (nSPS) is 13.9. The van der Waals surface area contributed by atoms with E-state index in [1.165, 1.54) is 25.1 Å². The van der Waals surface area contributed by atoms with Crippen molar-refractivity contribution in [2.75, 3.05) is 6.54 Å². The number of halogens is 1. The van der Waals surface area contributed by atoms with Gasteiger partial charge in [0, 0.05) is 6.54 Å². The zero-order valence-corrected chi connectivity index (χ0v) is 15.6. The Bertz CT molecular complexity index is 1020. The second kappa shape index (κ2) is 7.60. The maximum atomic E-state index is 13.8. The molecule has 140 valence electrons. The molecule has 0 aromatic heterocycles. The van der Waals surface area contributed by atoms with E-state index in [1.54, 1.807) is 12.1 Å². The van der Waals surface area contributed by atoms with E-state index in [9.17, 15) is 17.9 Å². The summed E-state index contributed by atoms with van der Waals surface area (Å²) < 4.78 is 40.7. The summed E-state index contributed by atoms with van der Waals surface area (Å²) in [5.41, 5.74) is 1.14. The molecule has 0 aliphatic carbocycles. The summed E-state index contributed by atoms with van der Waals surface area (Å²) in [6, 6.07) is 22.1. The first kappa shape index (κ1) is 19.2. The zero-order valence-electron chi connectivity index (χ0n) is 14.8. The van der Waals surface area contributed by atoms with Crippen LogP contribution in [0.1, 0.15) is 12.5 Å². The van der Waals surface area contributed by atoms with Crippen molar-refractivity contribution in [2.24, 2.45) is 0 Å². The average Bonchev–Trinajstić information content (AvgIpc) is 2.68. The van der Waals surface area contributed by atoms with Crippen LogP contribution in [0, 0.1) is 5.82 Å². The summed E-state index contributed by atoms with van der Waals surface area (Å²) in [5.74, 6) is -0.836. The van der Waals surface area contributed by atoms with Gasteiger partial charge in [-0.05, 0) is 35.7 Å². The molecule has 0 saturated heterocycles. The summed E-state index contributed by atoms with van der Waals surface area (Å²) in [7, 11) is -4.07. The van der Waals surface area contributed by atoms with Gasteiger partial charge in [-0.1, -0.05) is 66.7 Å². The average molecular weight is 385 g/mol. The van der Waals surface area contributed by atoms with Crippen molar-refractivity contribution >= 4 is 10.0 Å². The second-order valence-corrected chi connectivity index (χ2v) is 8.21. The molecule has 4 nitrogen and oxygen atoms in total. The van der Waals surface area contributed by atoms with Gasteiger partial charge in [0.15, 0.2) is 0 Å². The number of rotatable bonds is 6. The molecule has 0 aliphatic heterocycles. The lowest BCUT2D eigenvalue weighted by Gasteiger charge is -2.24. The molecule has 3 rings (SSSR count). The number of hydrogen-bond acceptors (Lipinski definition) is 3. The molecule has 3 aromatic carbocycles. The summed E-state index contributed by atoms with van der Waals surface area (Å²) in [5, 5.41) is 10.7. The molecule has 6 heteroatoms. The van der Waals surface area contributed by atoms with Gasteiger partial charge in [0.2, 0.25) is 10.0 Å². The Labute approximate surface area is 158 Å². The van der Waals surface area contributed by atoms with Crippen LogP contribution in [0.4, 0.5) is 4.39 Å². The fourth-order valence-electron chi connectivity index (χ4n) is 2.73. The highest BCUT2D eigenvalue weighted by molar-refractivity contribution is 7.89. The van der Waals surface area contributed by atoms with Crippen LogP contribution in [0.25, 0.3) is 11.1 Å². The van der Waals surface area contributed by atoms with E-state index in [0.29, 0.717) is 5.56 Å². The summed E-state index contributed by atoms with van der Waals surface area (Å²) in [4.78, 5) is -0.444. The van der Waals surface area contributed by atoms with Gasteiger partial charge in [-0.2, -0.15) is 0 Å². The summed E-state index contributed by atoms with van der Waals surface area (Å²) in [6.07, 6.45) is 0. The molecule has 27 heavy (non-hydrogen) atoms. The van der Waals surface area contributed by atoms with E-state index in [2.05, 4.69) is 4.72 Å². The topological polar surface area (TPSA) is 66.4 Å². The van der Waals surface area contributed by atoms with E-state index >= 15 is 0 Å². The van der Waals surface area contributed by atoms with Crippen molar-refractivity contribution in [1.29, 1.82) is 0 Å². The first-order valence-corrected chi connectivity index (χ1v) is 9.90. The van der Waals surface area contributed by atoms with Gasteiger partial charge in [-0.25, -0.2) is 17.5 Å². The van der Waals surface area contributed by atoms with Crippen LogP contribution in [-0.4, -0.2) is 20.1 Å². The fraction of sp³-hybridized carbons (Fsp3) is 0.143. The van der Waals surface area contributed by atoms with Gasteiger partial charge in [-0.3, -0.25) is 0 Å². The molecule has 1 atom stereocenters. The Morgan fingerprint density at radius 3 is 2.07 bits per heavy atom. The Balaban J connectivity index is 1.76. The van der Waals surface area contributed by atoms with E-state index in [4.69, 9.17) is 0 Å². The third-order valence-electron chi connectivity index (χ3n) is 4.35. The largest absolute Gasteiger partial charge is 0.384 e. The highest BCUT2D eigenvalue weighted by Gasteiger charge is 2.27. The predicted molar refractivity (Wildman–Crippen MR) is 103 cm³/mol. The molecule has 0 amide bonds. The maximum absolute atomic E-state index is 13.8. The Hall–Kier alpha value is -2.54. The van der Waals surface area contributed by atoms with E-state index in [1.807, 2.05) is 42.5 Å². The fourth-order valence-corrected chi connectivity index (χ4v) is 3.94. The van der Waals surface area contributed by atoms with Crippen LogP contribution in [0.15, 0.2) is 83.8 Å². The van der Waals surface area contributed by atoms with E-state index < -0.39 is 26.3 Å². The molecule has 0 radical (unpaired) electrons. The lowest BCUT2D eigenvalue weighted by Crippen LogP contribution is -2.38. The van der Waals surface area contributed by atoms with Gasteiger partial charge in [0.1, 0.15) is 16.3 Å². The van der Waals surface area contributed by atoms with Gasteiger partial charge < -0.3 is 5.11 Å². The Morgan fingerprint density at radius 2 is 1.44 bits per heavy atom. The van der Waals surface area contributed by atoms with Crippen molar-refractivity contribution in [1.82, 2.24) is 4.72 Å². The number of nitrogens with one attached hydrogen (secondary N) is 1. The van der Waals surface area contributed by atoms with Crippen molar-refractivity contribution in [3.63, 3.8) is 0 Å². The number of sulfonamides is 1. The van der Waals surface area contributed by atoms with Gasteiger partial charge in [-0.15, -0.1) is 0 Å². The Kier molecular flexibility index (Phi) is 5.41. The number of hydrogen-bond donors (Lipinski definition) is 2. The van der Waals surface area contributed by atoms with Crippen molar-refractivity contribution in [2.45, 2.75) is 17.4 Å². The molecular weight excluding hydrogens is 365 g/mol.